The summed E-state index contributed by atoms with van der Waals surface area (Å²) < 4.78 is 30.3. The van der Waals surface area contributed by atoms with Crippen LogP contribution in [0.1, 0.15) is 68.5 Å². The maximum atomic E-state index is 13.3. The van der Waals surface area contributed by atoms with Crippen LogP contribution in [-0.4, -0.2) is 69.4 Å². The molecule has 1 fully saturated rings. The highest BCUT2D eigenvalue weighted by Crippen LogP contribution is 2.47. The van der Waals surface area contributed by atoms with Crippen LogP contribution in [0, 0.1) is 0 Å². The third-order valence-electron chi connectivity index (χ3n) is 10.9. The number of hydrogen-bond donors (Lipinski definition) is 1. The minimum atomic E-state index is -2.35. The Morgan fingerprint density at radius 1 is 0.804 bits per heavy atom. The minimum Gasteiger partial charge on any atom is -0.414 e. The van der Waals surface area contributed by atoms with Crippen LogP contribution in [0.3, 0.4) is 0 Å². The number of hydrogen-bond acceptors (Lipinski definition) is 7. The molecule has 4 rings (SSSR count). The molecule has 0 radical (unpaired) electrons. The Hall–Kier alpha value is -1.94. The van der Waals surface area contributed by atoms with E-state index in [1.807, 2.05) is 34.9 Å². The fourth-order valence-electron chi connectivity index (χ4n) is 4.72. The molecular weight excluding hydrogens is 629 g/mol. The van der Waals surface area contributed by atoms with E-state index in [2.05, 4.69) is 112 Å². The third-order valence-corrected chi connectivity index (χ3v) is 24.4. The topological polar surface area (TPSA) is 100 Å². The van der Waals surface area contributed by atoms with E-state index in [4.69, 9.17) is 23.0 Å². The molecule has 1 aromatic carbocycles. The number of rotatable bonds is 9. The summed E-state index contributed by atoms with van der Waals surface area (Å²) in [7, 11) is -6.76. The molecule has 3 heterocycles. The van der Waals surface area contributed by atoms with Crippen molar-refractivity contribution in [2.75, 3.05) is 6.61 Å². The number of nitrogens with zero attached hydrogens (tertiary/aromatic N) is 3. The maximum Gasteiger partial charge on any atom is 0.279 e. The van der Waals surface area contributed by atoms with Crippen LogP contribution in [0.5, 0.6) is 0 Å². The number of aromatic nitrogens is 4. The van der Waals surface area contributed by atoms with Gasteiger partial charge in [-0.05, 0) is 54.4 Å². The third kappa shape index (κ3) is 7.37. The molecule has 0 amide bonds. The Morgan fingerprint density at radius 2 is 1.33 bits per heavy atom. The number of fused-ring (bicyclic) bond motifs is 1. The average Bonchev–Trinajstić information content (AvgIpc) is 3.47. The normalized spacial score (nSPS) is 22.2. The second kappa shape index (κ2) is 12.5. The Balaban J connectivity index is 1.89. The van der Waals surface area contributed by atoms with Crippen molar-refractivity contribution in [3.8, 4) is 11.4 Å². The highest BCUT2D eigenvalue weighted by atomic mass is 28.4. The monoisotopic (exact) mass is 686 g/mol. The Morgan fingerprint density at radius 3 is 1.85 bits per heavy atom. The SMILES string of the molecule is CC(C)(C)[Si](C)(C)OC[C@H]1O[C@@H](n2cnc3c(=O)[nH]c(-c4ccccc4)nc32)[C@H](O[Si](C)(C)C(C)(C)C)[C@@H]1O[Si](C)(C)C(C)(C)C. The molecule has 46 heavy (non-hydrogen) atoms. The zero-order chi connectivity index (χ0) is 34.7. The fraction of sp³-hybridized carbons (Fsp3) is 0.676. The lowest BCUT2D eigenvalue weighted by Crippen LogP contribution is -2.54. The lowest BCUT2D eigenvalue weighted by molar-refractivity contribution is -0.0470. The molecule has 1 N–H and O–H groups in total. The molecule has 4 atom stereocenters. The summed E-state index contributed by atoms with van der Waals surface area (Å²) in [5.74, 6) is 0.478. The first kappa shape index (κ1) is 36.9. The Bertz CT molecular complexity index is 1570. The number of ether oxygens (including phenoxy) is 1. The van der Waals surface area contributed by atoms with Gasteiger partial charge in [0.1, 0.15) is 24.1 Å². The van der Waals surface area contributed by atoms with Crippen LogP contribution >= 0.6 is 0 Å². The van der Waals surface area contributed by atoms with Crippen molar-refractivity contribution in [2.45, 2.75) is 141 Å². The van der Waals surface area contributed by atoms with Crippen LogP contribution < -0.4 is 5.56 Å². The van der Waals surface area contributed by atoms with Gasteiger partial charge in [-0.15, -0.1) is 0 Å². The number of H-pyrrole nitrogens is 1. The van der Waals surface area contributed by atoms with Crippen LogP contribution in [0.4, 0.5) is 0 Å². The molecule has 0 bridgehead atoms. The van der Waals surface area contributed by atoms with Gasteiger partial charge in [0.2, 0.25) is 0 Å². The lowest BCUT2D eigenvalue weighted by atomic mass is 10.1. The number of aromatic amines is 1. The fourth-order valence-corrected chi connectivity index (χ4v) is 8.34. The van der Waals surface area contributed by atoms with Gasteiger partial charge < -0.3 is 23.0 Å². The van der Waals surface area contributed by atoms with Crippen molar-refractivity contribution < 1.29 is 18.0 Å². The molecule has 1 aliphatic rings. The average molecular weight is 687 g/mol. The van der Waals surface area contributed by atoms with E-state index < -0.39 is 49.5 Å². The van der Waals surface area contributed by atoms with E-state index >= 15 is 0 Å². The summed E-state index contributed by atoms with van der Waals surface area (Å²) in [6.45, 7) is 34.2. The van der Waals surface area contributed by atoms with Gasteiger partial charge in [0.05, 0.1) is 12.9 Å². The largest absolute Gasteiger partial charge is 0.414 e. The van der Waals surface area contributed by atoms with E-state index in [0.717, 1.165) is 5.56 Å². The van der Waals surface area contributed by atoms with Crippen LogP contribution in [0.25, 0.3) is 22.6 Å². The van der Waals surface area contributed by atoms with Crippen molar-refractivity contribution in [1.29, 1.82) is 0 Å². The van der Waals surface area contributed by atoms with Gasteiger partial charge in [-0.2, -0.15) is 0 Å². The van der Waals surface area contributed by atoms with Crippen molar-refractivity contribution in [1.82, 2.24) is 19.5 Å². The molecule has 12 heteroatoms. The molecule has 256 valence electrons. The van der Waals surface area contributed by atoms with Crippen molar-refractivity contribution in [2.24, 2.45) is 0 Å². The van der Waals surface area contributed by atoms with E-state index in [0.29, 0.717) is 18.1 Å². The van der Waals surface area contributed by atoms with Crippen molar-refractivity contribution >= 4 is 36.1 Å². The van der Waals surface area contributed by atoms with Crippen LogP contribution in [-0.2, 0) is 18.0 Å². The zero-order valence-corrected chi connectivity index (χ0v) is 33.9. The van der Waals surface area contributed by atoms with Gasteiger partial charge in [0, 0.05) is 5.56 Å². The predicted molar refractivity (Wildman–Crippen MR) is 195 cm³/mol. The van der Waals surface area contributed by atoms with E-state index in [-0.39, 0.29) is 26.2 Å². The molecule has 3 aromatic rings. The molecule has 1 aliphatic heterocycles. The first-order chi connectivity index (χ1) is 20.9. The van der Waals surface area contributed by atoms with Crippen LogP contribution in [0.15, 0.2) is 41.5 Å². The van der Waals surface area contributed by atoms with Gasteiger partial charge in [-0.3, -0.25) is 9.36 Å². The smallest absolute Gasteiger partial charge is 0.279 e. The summed E-state index contributed by atoms with van der Waals surface area (Å²) >= 11 is 0. The predicted octanol–water partition coefficient (Wildman–Crippen LogP) is 8.49. The maximum absolute atomic E-state index is 13.3. The van der Waals surface area contributed by atoms with Gasteiger partial charge in [0.15, 0.2) is 42.3 Å². The summed E-state index contributed by atoms with van der Waals surface area (Å²) in [4.78, 5) is 25.7. The molecule has 1 saturated heterocycles. The molecule has 0 aliphatic carbocycles. The molecule has 0 unspecified atom stereocenters. The number of nitrogens with one attached hydrogen (secondary N) is 1. The highest BCUT2D eigenvalue weighted by Gasteiger charge is 2.55. The summed E-state index contributed by atoms with van der Waals surface area (Å²) in [5, 5.41) is -0.0442. The second-order valence-corrected chi connectivity index (χ2v) is 31.7. The van der Waals surface area contributed by atoms with Crippen molar-refractivity contribution in [3.05, 3.63) is 47.0 Å². The van der Waals surface area contributed by atoms with Crippen LogP contribution in [0.2, 0.25) is 54.4 Å². The lowest BCUT2D eigenvalue weighted by Gasteiger charge is -2.44. The molecule has 2 aromatic heterocycles. The summed E-state index contributed by atoms with van der Waals surface area (Å²) in [6.07, 6.45) is -0.218. The Kier molecular flexibility index (Phi) is 10.0. The second-order valence-electron chi connectivity index (χ2n) is 17.4. The molecule has 9 nitrogen and oxygen atoms in total. The summed E-state index contributed by atoms with van der Waals surface area (Å²) in [6, 6.07) is 9.65. The van der Waals surface area contributed by atoms with E-state index in [9.17, 15) is 4.79 Å². The van der Waals surface area contributed by atoms with E-state index in [1.165, 1.54) is 0 Å². The first-order valence-electron chi connectivity index (χ1n) is 16.5. The quantitative estimate of drug-likeness (QED) is 0.225. The minimum absolute atomic E-state index is 0.0292. The number of imidazole rings is 1. The Labute approximate surface area is 279 Å². The van der Waals surface area contributed by atoms with Gasteiger partial charge >= 0.3 is 0 Å². The molecular formula is C34H58N4O5Si3. The number of benzene rings is 1. The standard InChI is InChI=1S/C34H58N4O5Si3/c1-32(2,3)44(10,11)40-21-24-26(42-45(12,13)33(4,5)6)27(43-46(14,15)34(7,8)9)31(41-24)38-22-35-25-29(38)36-28(37-30(25)39)23-19-17-16-18-20-23/h16-20,22,24,26-27,31H,21H2,1-15H3,(H,36,37,39)/t24-,26-,27-,31-/m1/s1. The van der Waals surface area contributed by atoms with Gasteiger partial charge in [-0.25, -0.2) is 9.97 Å². The molecule has 0 spiro atoms. The van der Waals surface area contributed by atoms with E-state index in [1.54, 1.807) is 6.33 Å². The van der Waals surface area contributed by atoms with Crippen molar-refractivity contribution in [3.63, 3.8) is 0 Å². The summed E-state index contributed by atoms with van der Waals surface area (Å²) in [5.41, 5.74) is 1.23. The van der Waals surface area contributed by atoms with Gasteiger partial charge in [0.25, 0.3) is 5.56 Å². The highest BCUT2D eigenvalue weighted by molar-refractivity contribution is 6.75. The van der Waals surface area contributed by atoms with Gasteiger partial charge in [-0.1, -0.05) is 92.6 Å². The first-order valence-corrected chi connectivity index (χ1v) is 25.3. The molecule has 0 saturated carbocycles. The zero-order valence-electron chi connectivity index (χ0n) is 30.9.